The van der Waals surface area contributed by atoms with Gasteiger partial charge in [-0.1, -0.05) is 19.9 Å². The van der Waals surface area contributed by atoms with Gasteiger partial charge in [-0.05, 0) is 43.4 Å². The van der Waals surface area contributed by atoms with E-state index in [1.807, 2.05) is 32.0 Å². The number of rotatable bonds is 5. The normalized spacial score (nSPS) is 21.9. The minimum atomic E-state index is -0.225. The van der Waals surface area contributed by atoms with Gasteiger partial charge in [0.1, 0.15) is 0 Å². The van der Waals surface area contributed by atoms with E-state index < -0.39 is 0 Å². The molecule has 5 nitrogen and oxygen atoms in total. The summed E-state index contributed by atoms with van der Waals surface area (Å²) in [6, 6.07) is 5.72. The molecule has 2 aliphatic rings. The molecule has 0 saturated heterocycles. The molecule has 1 heterocycles. The predicted molar refractivity (Wildman–Crippen MR) is 99.3 cm³/mol. The second-order valence-corrected chi connectivity index (χ2v) is 7.71. The summed E-state index contributed by atoms with van der Waals surface area (Å²) >= 11 is 0. The standard InChI is InChI=1S/C21H27NO4/c1-5-25-17-8-7-13(9-18(17)26-6-2)14-10-19(24)22-15-11-21(3,4)12-16(23)20(14)15/h7-9,14H,5-6,10-12H2,1-4H3,(H,22,24)/t14-/m1/s1. The molecule has 0 radical (unpaired) electrons. The lowest BCUT2D eigenvalue weighted by atomic mass is 9.70. The topological polar surface area (TPSA) is 64.6 Å². The molecule has 1 aromatic rings. The molecule has 0 bridgehead atoms. The number of Topliss-reactive ketones (excluding diaryl/α,β-unsaturated/α-hetero) is 1. The van der Waals surface area contributed by atoms with Crippen molar-refractivity contribution in [2.24, 2.45) is 5.41 Å². The Morgan fingerprint density at radius 3 is 2.46 bits per heavy atom. The van der Waals surface area contributed by atoms with Crippen LogP contribution in [0.2, 0.25) is 0 Å². The van der Waals surface area contributed by atoms with Crippen molar-refractivity contribution in [2.75, 3.05) is 13.2 Å². The number of hydrogen-bond donors (Lipinski definition) is 1. The molecule has 1 N–H and O–H groups in total. The molecule has 26 heavy (non-hydrogen) atoms. The van der Waals surface area contributed by atoms with Crippen LogP contribution in [0.15, 0.2) is 29.5 Å². The lowest BCUT2D eigenvalue weighted by Gasteiger charge is -2.37. The fraction of sp³-hybridized carbons (Fsp3) is 0.524. The summed E-state index contributed by atoms with van der Waals surface area (Å²) in [5.74, 6) is 1.21. The number of carbonyl (C=O) groups excluding carboxylic acids is 2. The van der Waals surface area contributed by atoms with Crippen LogP contribution in [-0.4, -0.2) is 24.9 Å². The molecular formula is C21H27NO4. The first-order valence-corrected chi connectivity index (χ1v) is 9.30. The summed E-state index contributed by atoms with van der Waals surface area (Å²) < 4.78 is 11.3. The van der Waals surface area contributed by atoms with E-state index >= 15 is 0 Å². The number of hydrogen-bond acceptors (Lipinski definition) is 4. The van der Waals surface area contributed by atoms with Crippen molar-refractivity contribution < 1.29 is 19.1 Å². The Bertz CT molecular complexity index is 763. The second kappa shape index (κ2) is 7.14. The van der Waals surface area contributed by atoms with Gasteiger partial charge in [0.2, 0.25) is 5.91 Å². The largest absolute Gasteiger partial charge is 0.490 e. The molecular weight excluding hydrogens is 330 g/mol. The van der Waals surface area contributed by atoms with Crippen LogP contribution in [0.25, 0.3) is 0 Å². The molecule has 0 spiro atoms. The van der Waals surface area contributed by atoms with Gasteiger partial charge in [-0.2, -0.15) is 0 Å². The summed E-state index contributed by atoms with van der Waals surface area (Å²) in [5.41, 5.74) is 2.35. The van der Waals surface area contributed by atoms with Crippen LogP contribution in [0.3, 0.4) is 0 Å². The van der Waals surface area contributed by atoms with Crippen molar-refractivity contribution in [1.82, 2.24) is 5.32 Å². The van der Waals surface area contributed by atoms with Gasteiger partial charge >= 0.3 is 0 Å². The lowest BCUT2D eigenvalue weighted by molar-refractivity contribution is -0.122. The van der Waals surface area contributed by atoms with Gasteiger partial charge in [-0.25, -0.2) is 0 Å². The Morgan fingerprint density at radius 2 is 1.77 bits per heavy atom. The second-order valence-electron chi connectivity index (χ2n) is 7.71. The van der Waals surface area contributed by atoms with Crippen LogP contribution in [0, 0.1) is 5.41 Å². The highest BCUT2D eigenvalue weighted by molar-refractivity contribution is 6.02. The third-order valence-corrected chi connectivity index (χ3v) is 4.92. The van der Waals surface area contributed by atoms with E-state index in [9.17, 15) is 9.59 Å². The van der Waals surface area contributed by atoms with E-state index in [-0.39, 0.29) is 29.4 Å². The zero-order valence-electron chi connectivity index (χ0n) is 16.0. The minimum absolute atomic E-state index is 0.0360. The molecule has 1 aliphatic carbocycles. The Morgan fingerprint density at radius 1 is 1.08 bits per heavy atom. The van der Waals surface area contributed by atoms with Crippen molar-refractivity contribution in [3.63, 3.8) is 0 Å². The van der Waals surface area contributed by atoms with Crippen LogP contribution in [0.1, 0.15) is 58.4 Å². The molecule has 1 amide bonds. The summed E-state index contributed by atoms with van der Waals surface area (Å²) in [4.78, 5) is 25.1. The average Bonchev–Trinajstić information content (AvgIpc) is 2.54. The molecule has 5 heteroatoms. The van der Waals surface area contributed by atoms with Crippen molar-refractivity contribution in [1.29, 1.82) is 0 Å². The maximum atomic E-state index is 12.8. The quantitative estimate of drug-likeness (QED) is 0.872. The van der Waals surface area contributed by atoms with Crippen molar-refractivity contribution in [3.05, 3.63) is 35.0 Å². The SMILES string of the molecule is CCOc1ccc([C@H]2CC(=O)NC3=C2C(=O)CC(C)(C)C3)cc1OCC. The van der Waals surface area contributed by atoms with E-state index in [0.717, 1.165) is 16.8 Å². The summed E-state index contributed by atoms with van der Waals surface area (Å²) in [6.07, 6.45) is 1.50. The van der Waals surface area contributed by atoms with Gasteiger partial charge in [0.05, 0.1) is 13.2 Å². The Labute approximate surface area is 154 Å². The highest BCUT2D eigenvalue weighted by Crippen LogP contribution is 2.45. The fourth-order valence-electron chi connectivity index (χ4n) is 3.93. The van der Waals surface area contributed by atoms with Crippen molar-refractivity contribution in [3.8, 4) is 11.5 Å². The Hall–Kier alpha value is -2.30. The number of ketones is 1. The third kappa shape index (κ3) is 3.62. The number of benzene rings is 1. The van der Waals surface area contributed by atoms with Gasteiger partial charge in [-0.15, -0.1) is 0 Å². The molecule has 3 rings (SSSR count). The van der Waals surface area contributed by atoms with E-state index in [2.05, 4.69) is 19.2 Å². The van der Waals surface area contributed by atoms with Crippen LogP contribution in [-0.2, 0) is 9.59 Å². The first kappa shape index (κ1) is 18.5. The van der Waals surface area contributed by atoms with Crippen LogP contribution < -0.4 is 14.8 Å². The fourth-order valence-corrected chi connectivity index (χ4v) is 3.93. The zero-order valence-corrected chi connectivity index (χ0v) is 16.0. The number of ether oxygens (including phenoxy) is 2. The average molecular weight is 357 g/mol. The van der Waals surface area contributed by atoms with Gasteiger partial charge in [0, 0.05) is 30.0 Å². The van der Waals surface area contributed by atoms with E-state index in [1.165, 1.54) is 0 Å². The van der Waals surface area contributed by atoms with Gasteiger partial charge in [0.25, 0.3) is 0 Å². The van der Waals surface area contributed by atoms with Crippen LogP contribution in [0.5, 0.6) is 11.5 Å². The van der Waals surface area contributed by atoms with Gasteiger partial charge in [0.15, 0.2) is 17.3 Å². The minimum Gasteiger partial charge on any atom is -0.490 e. The summed E-state index contributed by atoms with van der Waals surface area (Å²) in [5, 5.41) is 2.94. The monoisotopic (exact) mass is 357 g/mol. The molecule has 1 aliphatic heterocycles. The van der Waals surface area contributed by atoms with Crippen LogP contribution >= 0.6 is 0 Å². The number of allylic oxidation sites excluding steroid dienone is 2. The first-order chi connectivity index (χ1) is 12.3. The highest BCUT2D eigenvalue weighted by atomic mass is 16.5. The van der Waals surface area contributed by atoms with E-state index in [1.54, 1.807) is 0 Å². The molecule has 140 valence electrons. The predicted octanol–water partition coefficient (Wildman–Crippen LogP) is 3.73. The van der Waals surface area contributed by atoms with Crippen LogP contribution in [0.4, 0.5) is 0 Å². The molecule has 0 saturated carbocycles. The molecule has 1 aromatic carbocycles. The summed E-state index contributed by atoms with van der Waals surface area (Å²) in [7, 11) is 0. The maximum Gasteiger partial charge on any atom is 0.225 e. The Kier molecular flexibility index (Phi) is 5.08. The van der Waals surface area contributed by atoms with E-state index in [0.29, 0.717) is 37.6 Å². The third-order valence-electron chi connectivity index (χ3n) is 4.92. The zero-order chi connectivity index (χ0) is 18.9. The molecule has 1 atom stereocenters. The first-order valence-electron chi connectivity index (χ1n) is 9.30. The number of nitrogens with one attached hydrogen (secondary N) is 1. The van der Waals surface area contributed by atoms with E-state index in [4.69, 9.17) is 9.47 Å². The number of carbonyl (C=O) groups is 2. The Balaban J connectivity index is 2.03. The van der Waals surface area contributed by atoms with Crippen molar-refractivity contribution in [2.45, 2.75) is 52.9 Å². The van der Waals surface area contributed by atoms with Crippen molar-refractivity contribution >= 4 is 11.7 Å². The summed E-state index contributed by atoms with van der Waals surface area (Å²) in [6.45, 7) is 9.05. The van der Waals surface area contributed by atoms with Gasteiger partial charge < -0.3 is 14.8 Å². The molecule has 0 fully saturated rings. The molecule has 0 unspecified atom stereocenters. The highest BCUT2D eigenvalue weighted by Gasteiger charge is 2.40. The maximum absolute atomic E-state index is 12.8. The smallest absolute Gasteiger partial charge is 0.225 e. The number of amides is 1. The van der Waals surface area contributed by atoms with Gasteiger partial charge in [-0.3, -0.25) is 9.59 Å². The lowest BCUT2D eigenvalue weighted by Crippen LogP contribution is -2.40. The molecule has 0 aromatic heterocycles.